The molecule has 0 radical (unpaired) electrons. The number of hydrogen-bond donors (Lipinski definition) is 0. The van der Waals surface area contributed by atoms with E-state index in [4.69, 9.17) is 4.74 Å². The molecule has 0 saturated carbocycles. The number of carbonyl (C=O) groups is 2. The van der Waals surface area contributed by atoms with E-state index in [1.165, 1.54) is 0 Å². The summed E-state index contributed by atoms with van der Waals surface area (Å²) >= 11 is 3.34. The number of rotatable bonds is 4. The minimum absolute atomic E-state index is 0.0937. The zero-order chi connectivity index (χ0) is 20.4. The fourth-order valence-electron chi connectivity index (χ4n) is 2.55. The van der Waals surface area contributed by atoms with Gasteiger partial charge in [0.15, 0.2) is 12.4 Å². The number of ether oxygens (including phenoxy) is 1. The van der Waals surface area contributed by atoms with Crippen LogP contribution < -0.4 is 0 Å². The molecule has 4 heteroatoms. The van der Waals surface area contributed by atoms with E-state index in [-0.39, 0.29) is 23.2 Å². The summed E-state index contributed by atoms with van der Waals surface area (Å²) < 4.78 is 6.20. The van der Waals surface area contributed by atoms with Crippen molar-refractivity contribution in [3.63, 3.8) is 0 Å². The highest BCUT2D eigenvalue weighted by Crippen LogP contribution is 2.30. The minimum Gasteiger partial charge on any atom is -0.454 e. The van der Waals surface area contributed by atoms with Crippen LogP contribution in [0, 0.1) is 0 Å². The summed E-state index contributed by atoms with van der Waals surface area (Å²) in [6.45, 7) is 12.4. The Hall–Kier alpha value is -1.94. The van der Waals surface area contributed by atoms with Gasteiger partial charge in [-0.2, -0.15) is 0 Å². The lowest BCUT2D eigenvalue weighted by molar-refractivity contribution is 0.0474. The van der Waals surface area contributed by atoms with Crippen LogP contribution in [0.25, 0.3) is 0 Å². The van der Waals surface area contributed by atoms with Gasteiger partial charge in [-0.05, 0) is 46.2 Å². The maximum Gasteiger partial charge on any atom is 0.338 e. The number of halogens is 1. The lowest BCUT2D eigenvalue weighted by Gasteiger charge is -2.25. The van der Waals surface area contributed by atoms with Crippen molar-refractivity contribution in [2.24, 2.45) is 0 Å². The predicted octanol–water partition coefficient (Wildman–Crippen LogP) is 6.08. The molecule has 2 aromatic carbocycles. The van der Waals surface area contributed by atoms with Crippen LogP contribution in [0.1, 0.15) is 73.4 Å². The largest absolute Gasteiger partial charge is 0.454 e. The van der Waals surface area contributed by atoms with Crippen LogP contribution >= 0.6 is 15.9 Å². The number of esters is 1. The third-order valence-corrected chi connectivity index (χ3v) is 4.93. The van der Waals surface area contributed by atoms with Crippen molar-refractivity contribution >= 4 is 27.7 Å². The van der Waals surface area contributed by atoms with Crippen molar-refractivity contribution in [3.8, 4) is 0 Å². The Morgan fingerprint density at radius 2 is 1.30 bits per heavy atom. The van der Waals surface area contributed by atoms with Gasteiger partial charge < -0.3 is 4.74 Å². The Labute approximate surface area is 170 Å². The predicted molar refractivity (Wildman–Crippen MR) is 113 cm³/mol. The van der Waals surface area contributed by atoms with Gasteiger partial charge >= 0.3 is 5.97 Å². The van der Waals surface area contributed by atoms with Crippen molar-refractivity contribution in [3.05, 3.63) is 69.2 Å². The molecule has 27 heavy (non-hydrogen) atoms. The van der Waals surface area contributed by atoms with Crippen LogP contribution in [0.4, 0.5) is 0 Å². The Morgan fingerprint density at radius 3 is 1.74 bits per heavy atom. The molecule has 144 valence electrons. The van der Waals surface area contributed by atoms with E-state index in [1.54, 1.807) is 24.3 Å². The second-order valence-corrected chi connectivity index (χ2v) is 9.72. The average molecular weight is 431 g/mol. The first-order valence-electron chi connectivity index (χ1n) is 9.00. The standard InChI is InChI=1S/C23H27BrO3/c1-22(2,3)17-11-16(12-18(13-17)23(4,5)6)21(26)27-14-20(25)15-7-9-19(24)10-8-15/h7-13H,14H2,1-6H3. The van der Waals surface area contributed by atoms with Gasteiger partial charge in [-0.25, -0.2) is 4.79 Å². The van der Waals surface area contributed by atoms with Gasteiger partial charge in [0.25, 0.3) is 0 Å². The van der Waals surface area contributed by atoms with Crippen LogP contribution in [0.2, 0.25) is 0 Å². The van der Waals surface area contributed by atoms with Gasteiger partial charge in [0.1, 0.15) is 0 Å². The number of hydrogen-bond acceptors (Lipinski definition) is 3. The van der Waals surface area contributed by atoms with Crippen LogP contribution in [-0.4, -0.2) is 18.4 Å². The van der Waals surface area contributed by atoms with Gasteiger partial charge in [-0.15, -0.1) is 0 Å². The summed E-state index contributed by atoms with van der Waals surface area (Å²) in [5.74, 6) is -0.698. The molecule has 0 fully saturated rings. The smallest absolute Gasteiger partial charge is 0.338 e. The third kappa shape index (κ3) is 5.77. The highest BCUT2D eigenvalue weighted by Gasteiger charge is 2.23. The lowest BCUT2D eigenvalue weighted by Crippen LogP contribution is -2.19. The molecule has 0 unspecified atom stereocenters. The molecule has 2 aromatic rings. The third-order valence-electron chi connectivity index (χ3n) is 4.40. The normalized spacial score (nSPS) is 12.0. The molecule has 3 nitrogen and oxygen atoms in total. The van der Waals surface area contributed by atoms with E-state index in [1.807, 2.05) is 12.1 Å². The van der Waals surface area contributed by atoms with E-state index in [0.29, 0.717) is 11.1 Å². The van der Waals surface area contributed by atoms with Gasteiger partial charge in [0, 0.05) is 10.0 Å². The minimum atomic E-state index is -0.475. The van der Waals surface area contributed by atoms with Crippen molar-refractivity contribution in [1.29, 1.82) is 0 Å². The molecule has 0 aliphatic carbocycles. The summed E-state index contributed by atoms with van der Waals surface area (Å²) in [5.41, 5.74) is 2.95. The van der Waals surface area contributed by atoms with Crippen LogP contribution in [0.3, 0.4) is 0 Å². The summed E-state index contributed by atoms with van der Waals surface area (Å²) in [7, 11) is 0. The summed E-state index contributed by atoms with van der Waals surface area (Å²) in [6, 6.07) is 12.9. The molecule has 0 aromatic heterocycles. The molecule has 0 amide bonds. The van der Waals surface area contributed by atoms with Crippen molar-refractivity contribution in [2.75, 3.05) is 6.61 Å². The summed E-state index contributed by atoms with van der Waals surface area (Å²) in [4.78, 5) is 24.9. The van der Waals surface area contributed by atoms with Gasteiger partial charge in [-0.3, -0.25) is 4.79 Å². The van der Waals surface area contributed by atoms with Crippen LogP contribution in [-0.2, 0) is 15.6 Å². The SMILES string of the molecule is CC(C)(C)c1cc(C(=O)OCC(=O)c2ccc(Br)cc2)cc(C(C)(C)C)c1. The zero-order valence-corrected chi connectivity index (χ0v) is 18.4. The maximum absolute atomic E-state index is 12.6. The molecule has 0 aliphatic heterocycles. The fourth-order valence-corrected chi connectivity index (χ4v) is 2.81. The average Bonchev–Trinajstić information content (AvgIpc) is 2.58. The molecule has 0 atom stereocenters. The first-order valence-corrected chi connectivity index (χ1v) is 9.79. The Balaban J connectivity index is 2.22. The van der Waals surface area contributed by atoms with Crippen LogP contribution in [0.15, 0.2) is 46.9 Å². The van der Waals surface area contributed by atoms with Gasteiger partial charge in [0.2, 0.25) is 0 Å². The van der Waals surface area contributed by atoms with E-state index in [0.717, 1.165) is 15.6 Å². The topological polar surface area (TPSA) is 43.4 Å². The highest BCUT2D eigenvalue weighted by atomic mass is 79.9. The molecule has 0 saturated heterocycles. The Kier molecular flexibility index (Phi) is 6.31. The number of Topliss-reactive ketones (excluding diaryl/α,β-unsaturated/α-hetero) is 1. The number of carbonyl (C=O) groups excluding carboxylic acids is 2. The molecule has 2 rings (SSSR count). The first kappa shape index (κ1) is 21.4. The second-order valence-electron chi connectivity index (χ2n) is 8.81. The number of benzene rings is 2. The fraction of sp³-hybridized carbons (Fsp3) is 0.391. The lowest BCUT2D eigenvalue weighted by atomic mass is 9.79. The number of ketones is 1. The van der Waals surface area contributed by atoms with E-state index < -0.39 is 5.97 Å². The zero-order valence-electron chi connectivity index (χ0n) is 16.9. The van der Waals surface area contributed by atoms with Crippen molar-refractivity contribution in [2.45, 2.75) is 52.4 Å². The quantitative estimate of drug-likeness (QED) is 0.435. The molecule has 0 heterocycles. The van der Waals surface area contributed by atoms with E-state index >= 15 is 0 Å². The van der Waals surface area contributed by atoms with Gasteiger partial charge in [0.05, 0.1) is 5.56 Å². The summed E-state index contributed by atoms with van der Waals surface area (Å²) in [5, 5.41) is 0. The second kappa shape index (κ2) is 7.97. The Morgan fingerprint density at radius 1 is 0.815 bits per heavy atom. The van der Waals surface area contributed by atoms with Gasteiger partial charge in [-0.1, -0.05) is 75.7 Å². The Bertz CT molecular complexity index is 805. The molecular formula is C23H27BrO3. The van der Waals surface area contributed by atoms with E-state index in [9.17, 15) is 9.59 Å². The van der Waals surface area contributed by atoms with Crippen molar-refractivity contribution in [1.82, 2.24) is 0 Å². The van der Waals surface area contributed by atoms with Crippen molar-refractivity contribution < 1.29 is 14.3 Å². The maximum atomic E-state index is 12.6. The van der Waals surface area contributed by atoms with E-state index in [2.05, 4.69) is 63.5 Å². The first-order chi connectivity index (χ1) is 12.4. The molecule has 0 spiro atoms. The molecular weight excluding hydrogens is 404 g/mol. The summed E-state index contributed by atoms with van der Waals surface area (Å²) in [6.07, 6.45) is 0. The molecule has 0 aliphatic rings. The van der Waals surface area contributed by atoms with Crippen LogP contribution in [0.5, 0.6) is 0 Å². The molecule has 0 N–H and O–H groups in total. The molecule has 0 bridgehead atoms. The monoisotopic (exact) mass is 430 g/mol. The highest BCUT2D eigenvalue weighted by molar-refractivity contribution is 9.10.